The summed E-state index contributed by atoms with van der Waals surface area (Å²) in [4.78, 5) is 0. The highest BCUT2D eigenvalue weighted by Gasteiger charge is 2.61. The molecule has 1 N–H and O–H groups in total. The molecule has 0 amide bonds. The van der Waals surface area contributed by atoms with Gasteiger partial charge in [0.15, 0.2) is 0 Å². The predicted molar refractivity (Wildman–Crippen MR) is 128 cm³/mol. The monoisotopic (exact) mass is 427 g/mol. The predicted octanol–water partition coefficient (Wildman–Crippen LogP) is 7.75. The van der Waals surface area contributed by atoms with E-state index in [1.807, 2.05) is 0 Å². The molecule has 0 radical (unpaired) electrons. The van der Waals surface area contributed by atoms with E-state index in [4.69, 9.17) is 0 Å². The van der Waals surface area contributed by atoms with Gasteiger partial charge in [-0.25, -0.2) is 0 Å². The lowest BCUT2D eigenvalue weighted by molar-refractivity contribution is -0.151. The molecule has 0 spiro atoms. The van der Waals surface area contributed by atoms with Gasteiger partial charge < -0.3 is 5.11 Å². The molecule has 4 unspecified atom stereocenters. The van der Waals surface area contributed by atoms with Crippen molar-refractivity contribution >= 4 is 0 Å². The summed E-state index contributed by atoms with van der Waals surface area (Å²) in [7, 11) is 0. The normalized spacial score (nSPS) is 47.9. The summed E-state index contributed by atoms with van der Waals surface area (Å²) in [6.45, 7) is 12.6. The Morgan fingerprint density at radius 2 is 1.65 bits per heavy atom. The lowest BCUT2D eigenvalue weighted by Crippen LogP contribution is -2.56. The van der Waals surface area contributed by atoms with Crippen LogP contribution in [0.25, 0.3) is 0 Å². The number of hydrogen-bond donors (Lipinski definition) is 1. The zero-order valence-corrected chi connectivity index (χ0v) is 21.1. The molecule has 0 aromatic heterocycles. The van der Waals surface area contributed by atoms with Gasteiger partial charge in [0.05, 0.1) is 18.1 Å². The molecule has 0 saturated heterocycles. The summed E-state index contributed by atoms with van der Waals surface area (Å²) in [5.74, 6) is 5.97. The molecule has 4 fully saturated rings. The first-order valence-electron chi connectivity index (χ1n) is 13.7. The molecule has 0 aliphatic heterocycles. The Bertz CT molecular complexity index is 681. The van der Waals surface area contributed by atoms with Crippen molar-refractivity contribution in [1.82, 2.24) is 0 Å². The molecule has 4 aliphatic carbocycles. The van der Waals surface area contributed by atoms with Crippen molar-refractivity contribution in [2.75, 3.05) is 0 Å². The second-order valence-corrected chi connectivity index (χ2v) is 13.5. The summed E-state index contributed by atoms with van der Waals surface area (Å²) in [5.41, 5.74) is 0.254. The van der Waals surface area contributed by atoms with Gasteiger partial charge in [0, 0.05) is 0 Å². The van der Waals surface area contributed by atoms with E-state index in [1.54, 1.807) is 0 Å². The van der Waals surface area contributed by atoms with Crippen molar-refractivity contribution in [3.05, 3.63) is 0 Å². The number of nitriles is 1. The van der Waals surface area contributed by atoms with Crippen LogP contribution >= 0.6 is 0 Å². The van der Waals surface area contributed by atoms with E-state index in [9.17, 15) is 10.4 Å². The van der Waals surface area contributed by atoms with Crippen molar-refractivity contribution in [2.24, 2.45) is 52.3 Å². The maximum Gasteiger partial charge on any atom is 0.0780 e. The number of fused-ring (bicyclic) bond motifs is 5. The first-order valence-corrected chi connectivity index (χ1v) is 13.7. The van der Waals surface area contributed by atoms with Gasteiger partial charge in [-0.05, 0) is 110 Å². The second kappa shape index (κ2) is 8.66. The highest BCUT2D eigenvalue weighted by Crippen LogP contribution is 2.69. The molecule has 0 bridgehead atoms. The Balaban J connectivity index is 1.46. The van der Waals surface area contributed by atoms with E-state index < -0.39 is 5.60 Å². The lowest BCUT2D eigenvalue weighted by Gasteiger charge is -2.62. The Morgan fingerprint density at radius 1 is 0.903 bits per heavy atom. The molecule has 0 heterocycles. The standard InChI is InChI=1S/C29H49NO/c1-20(2)7-6-8-21(3)24-11-12-25-23-10-9-22-19-29(31,17-18-30)16-15-27(22,4)26(23)13-14-28(24,25)5/h20-26,31H,6-17,19H2,1-5H3/t21-,22+,23?,24-,25?,26?,27+,28-,29?/m1/s1. The molecule has 31 heavy (non-hydrogen) atoms. The summed E-state index contributed by atoms with van der Waals surface area (Å²) >= 11 is 0. The summed E-state index contributed by atoms with van der Waals surface area (Å²) in [6.07, 6.45) is 15.8. The van der Waals surface area contributed by atoms with Gasteiger partial charge in [0.1, 0.15) is 0 Å². The number of rotatable bonds is 6. The zero-order valence-electron chi connectivity index (χ0n) is 21.1. The van der Waals surface area contributed by atoms with Crippen LogP contribution in [0.1, 0.15) is 118 Å². The Kier molecular flexibility index (Phi) is 6.60. The molecule has 9 atom stereocenters. The number of aliphatic hydroxyl groups is 1. The second-order valence-electron chi connectivity index (χ2n) is 13.5. The van der Waals surface area contributed by atoms with Crippen LogP contribution in [-0.4, -0.2) is 10.7 Å². The van der Waals surface area contributed by atoms with Gasteiger partial charge in [0.2, 0.25) is 0 Å². The molecule has 0 aromatic carbocycles. The first-order chi connectivity index (χ1) is 14.6. The molecule has 4 rings (SSSR count). The molecule has 4 saturated carbocycles. The van der Waals surface area contributed by atoms with Crippen LogP contribution in [0.4, 0.5) is 0 Å². The number of nitrogens with zero attached hydrogens (tertiary/aromatic N) is 1. The van der Waals surface area contributed by atoms with Crippen LogP contribution in [0.2, 0.25) is 0 Å². The van der Waals surface area contributed by atoms with Crippen molar-refractivity contribution in [3.63, 3.8) is 0 Å². The van der Waals surface area contributed by atoms with E-state index in [-0.39, 0.29) is 0 Å². The van der Waals surface area contributed by atoms with Crippen molar-refractivity contribution in [3.8, 4) is 6.07 Å². The SMILES string of the molecule is CC(C)CCC[C@@H](C)[C@H]1CCC2C3CC[C@H]4CC(O)(CC#N)CC[C@]4(C)C3CC[C@@]21C. The van der Waals surface area contributed by atoms with Gasteiger partial charge in [-0.3, -0.25) is 0 Å². The third kappa shape index (κ3) is 4.11. The molecule has 176 valence electrons. The zero-order chi connectivity index (χ0) is 22.4. The van der Waals surface area contributed by atoms with Crippen molar-refractivity contribution in [1.29, 1.82) is 5.26 Å². The smallest absolute Gasteiger partial charge is 0.0780 e. The lowest BCUT2D eigenvalue weighted by atomic mass is 9.43. The quantitative estimate of drug-likeness (QED) is 0.471. The maximum atomic E-state index is 11.0. The van der Waals surface area contributed by atoms with E-state index >= 15 is 0 Å². The van der Waals surface area contributed by atoms with E-state index in [0.29, 0.717) is 23.2 Å². The van der Waals surface area contributed by atoms with Crippen LogP contribution in [0, 0.1) is 63.6 Å². The van der Waals surface area contributed by atoms with Gasteiger partial charge in [0.25, 0.3) is 0 Å². The third-order valence-corrected chi connectivity index (χ3v) is 11.4. The average molecular weight is 428 g/mol. The first kappa shape index (κ1) is 23.6. The van der Waals surface area contributed by atoms with Crippen LogP contribution in [0.3, 0.4) is 0 Å². The Morgan fingerprint density at radius 3 is 2.35 bits per heavy atom. The Hall–Kier alpha value is -0.550. The van der Waals surface area contributed by atoms with Crippen molar-refractivity contribution in [2.45, 2.75) is 124 Å². The topological polar surface area (TPSA) is 44.0 Å². The third-order valence-electron chi connectivity index (χ3n) is 11.4. The fraction of sp³-hybridized carbons (Fsp3) is 0.966. The van der Waals surface area contributed by atoms with Crippen LogP contribution in [0.5, 0.6) is 0 Å². The van der Waals surface area contributed by atoms with Crippen LogP contribution in [0.15, 0.2) is 0 Å². The van der Waals surface area contributed by atoms with Crippen LogP contribution in [-0.2, 0) is 0 Å². The fourth-order valence-electron chi connectivity index (χ4n) is 9.65. The molecule has 2 heteroatoms. The largest absolute Gasteiger partial charge is 0.389 e. The van der Waals surface area contributed by atoms with E-state index in [1.165, 1.54) is 57.8 Å². The minimum absolute atomic E-state index is 0.324. The van der Waals surface area contributed by atoms with E-state index in [0.717, 1.165) is 54.8 Å². The summed E-state index contributed by atoms with van der Waals surface area (Å²) in [5, 5.41) is 20.2. The molecule has 2 nitrogen and oxygen atoms in total. The van der Waals surface area contributed by atoms with Gasteiger partial charge in [-0.2, -0.15) is 5.26 Å². The van der Waals surface area contributed by atoms with Gasteiger partial charge >= 0.3 is 0 Å². The Labute approximate surface area is 192 Å². The molecular formula is C29H49NO. The van der Waals surface area contributed by atoms with Gasteiger partial charge in [-0.15, -0.1) is 0 Å². The minimum atomic E-state index is -0.710. The summed E-state index contributed by atoms with van der Waals surface area (Å²) < 4.78 is 0. The van der Waals surface area contributed by atoms with E-state index in [2.05, 4.69) is 40.7 Å². The summed E-state index contributed by atoms with van der Waals surface area (Å²) in [6, 6.07) is 2.26. The highest BCUT2D eigenvalue weighted by atomic mass is 16.3. The van der Waals surface area contributed by atoms with Crippen LogP contribution < -0.4 is 0 Å². The van der Waals surface area contributed by atoms with Gasteiger partial charge in [-0.1, -0.05) is 53.9 Å². The average Bonchev–Trinajstić information content (AvgIpc) is 3.06. The minimum Gasteiger partial charge on any atom is -0.389 e. The maximum absolute atomic E-state index is 11.0. The number of hydrogen-bond acceptors (Lipinski definition) is 2. The van der Waals surface area contributed by atoms with Crippen molar-refractivity contribution < 1.29 is 5.11 Å². The molecule has 4 aliphatic rings. The fourth-order valence-corrected chi connectivity index (χ4v) is 9.65. The molecular weight excluding hydrogens is 378 g/mol. The molecule has 0 aromatic rings. The highest BCUT2D eigenvalue weighted by molar-refractivity contribution is 5.11.